The van der Waals surface area contributed by atoms with E-state index in [0.717, 1.165) is 15.8 Å². The molecule has 29 heavy (non-hydrogen) atoms. The molecule has 0 radical (unpaired) electrons. The van der Waals surface area contributed by atoms with Gasteiger partial charge >= 0.3 is 0 Å². The third-order valence-corrected chi connectivity index (χ3v) is 4.95. The number of nitrogens with zero attached hydrogens (tertiary/aromatic N) is 3. The number of allylic oxidation sites excluding steroid dienone is 2. The number of hydrogen-bond acceptors (Lipinski definition) is 5. The Kier molecular flexibility index (Phi) is 4.95. The van der Waals surface area contributed by atoms with Gasteiger partial charge in [0.05, 0.1) is 0 Å². The van der Waals surface area contributed by atoms with Crippen molar-refractivity contribution in [3.8, 4) is 0 Å². The van der Waals surface area contributed by atoms with Crippen LogP contribution in [0.2, 0.25) is 0 Å². The first-order valence-corrected chi connectivity index (χ1v) is 9.32. The Morgan fingerprint density at radius 2 is 1.69 bits per heavy atom. The van der Waals surface area contributed by atoms with E-state index in [-0.39, 0.29) is 17.4 Å². The molecule has 1 unspecified atom stereocenters. The van der Waals surface area contributed by atoms with Crippen LogP contribution in [0.15, 0.2) is 66.4 Å². The maximum absolute atomic E-state index is 12.9. The first-order chi connectivity index (χ1) is 14.0. The summed E-state index contributed by atoms with van der Waals surface area (Å²) in [5.41, 5.74) is 2.31. The van der Waals surface area contributed by atoms with Crippen molar-refractivity contribution >= 4 is 17.4 Å². The highest BCUT2D eigenvalue weighted by Crippen LogP contribution is 2.30. The number of nitrogens with one attached hydrogen (secondary N) is 1. The van der Waals surface area contributed by atoms with E-state index in [1.807, 2.05) is 60.7 Å². The molecular weight excluding hydrogens is 368 g/mol. The van der Waals surface area contributed by atoms with E-state index in [0.29, 0.717) is 18.5 Å². The second kappa shape index (κ2) is 7.71. The van der Waals surface area contributed by atoms with Gasteiger partial charge in [0.2, 0.25) is 5.82 Å². The minimum Gasteiger partial charge on any atom is -0.511 e. The van der Waals surface area contributed by atoms with Gasteiger partial charge in [-0.1, -0.05) is 60.7 Å². The Balaban J connectivity index is 1.56. The van der Waals surface area contributed by atoms with Crippen LogP contribution in [0.4, 0.5) is 0 Å². The molecular formula is C22H20N4O3. The number of carbonyl (C=O) groups is 2. The number of fused-ring (bicyclic) bond motifs is 1. The number of hydrogen-bond donors (Lipinski definition) is 2. The molecule has 1 amide bonds. The van der Waals surface area contributed by atoms with Crippen molar-refractivity contribution in [1.29, 1.82) is 0 Å². The maximum atomic E-state index is 12.9. The van der Waals surface area contributed by atoms with Gasteiger partial charge in [-0.25, -0.2) is 4.98 Å². The van der Waals surface area contributed by atoms with Crippen molar-refractivity contribution < 1.29 is 14.7 Å². The van der Waals surface area contributed by atoms with Crippen molar-refractivity contribution in [3.05, 3.63) is 89.2 Å². The Bertz CT molecular complexity index is 1090. The van der Waals surface area contributed by atoms with Crippen molar-refractivity contribution in [2.45, 2.75) is 19.9 Å². The fourth-order valence-corrected chi connectivity index (χ4v) is 3.34. The van der Waals surface area contributed by atoms with Crippen LogP contribution in [-0.4, -0.2) is 31.7 Å². The summed E-state index contributed by atoms with van der Waals surface area (Å²) in [6.07, 6.45) is 0.345. The molecule has 2 aromatic carbocycles. The van der Waals surface area contributed by atoms with Gasteiger partial charge in [-0.05, 0) is 24.5 Å². The van der Waals surface area contributed by atoms with E-state index in [1.165, 1.54) is 0 Å². The topological polar surface area (TPSA) is 97.1 Å². The molecule has 7 heteroatoms. The summed E-state index contributed by atoms with van der Waals surface area (Å²) in [6, 6.07) is 18.9. The van der Waals surface area contributed by atoms with Crippen molar-refractivity contribution in [1.82, 2.24) is 20.1 Å². The van der Waals surface area contributed by atoms with Gasteiger partial charge in [0, 0.05) is 12.1 Å². The number of carbonyl (C=O) groups excluding carboxylic acids is 2. The lowest BCUT2D eigenvalue weighted by Crippen LogP contribution is -2.32. The molecule has 2 heterocycles. The smallest absolute Gasteiger partial charge is 0.291 e. The largest absolute Gasteiger partial charge is 0.511 e. The van der Waals surface area contributed by atoms with Crippen LogP contribution >= 0.6 is 0 Å². The fraction of sp³-hybridized carbons (Fsp3) is 0.182. The molecule has 1 aliphatic rings. The zero-order chi connectivity index (χ0) is 20.4. The van der Waals surface area contributed by atoms with E-state index in [2.05, 4.69) is 15.4 Å². The number of amides is 1. The molecule has 0 spiro atoms. The summed E-state index contributed by atoms with van der Waals surface area (Å²) in [7, 11) is 0. The average molecular weight is 388 g/mol. The van der Waals surface area contributed by atoms with Crippen LogP contribution in [-0.2, 0) is 13.0 Å². The van der Waals surface area contributed by atoms with Crippen molar-refractivity contribution in [3.63, 3.8) is 0 Å². The SMILES string of the molecule is CC1=C(O)C(Cc2ccccc2)C(=O)n2nc(C(=O)NCc3ccccc3)nc21. The lowest BCUT2D eigenvalue weighted by Gasteiger charge is -2.22. The molecule has 1 aliphatic heterocycles. The van der Waals surface area contributed by atoms with E-state index in [9.17, 15) is 14.7 Å². The van der Waals surface area contributed by atoms with Gasteiger partial charge in [-0.15, -0.1) is 5.10 Å². The summed E-state index contributed by atoms with van der Waals surface area (Å²) in [5, 5.41) is 17.5. The highest BCUT2D eigenvalue weighted by atomic mass is 16.3. The van der Waals surface area contributed by atoms with Gasteiger partial charge in [0.1, 0.15) is 11.7 Å². The molecule has 4 rings (SSSR count). The van der Waals surface area contributed by atoms with Gasteiger partial charge in [0.15, 0.2) is 5.82 Å². The molecule has 1 atom stereocenters. The van der Waals surface area contributed by atoms with Gasteiger partial charge in [0.25, 0.3) is 11.8 Å². The summed E-state index contributed by atoms with van der Waals surface area (Å²) >= 11 is 0. The fourth-order valence-electron chi connectivity index (χ4n) is 3.34. The Labute approximate surface area is 167 Å². The third-order valence-electron chi connectivity index (χ3n) is 4.95. The zero-order valence-corrected chi connectivity index (χ0v) is 15.9. The number of rotatable bonds is 5. The molecule has 1 aromatic heterocycles. The normalized spacial score (nSPS) is 15.9. The maximum Gasteiger partial charge on any atom is 0.291 e. The van der Waals surface area contributed by atoms with E-state index < -0.39 is 17.7 Å². The summed E-state index contributed by atoms with van der Waals surface area (Å²) < 4.78 is 1.13. The number of aliphatic hydroxyl groups is 1. The molecule has 3 aromatic rings. The zero-order valence-electron chi connectivity index (χ0n) is 15.9. The lowest BCUT2D eigenvalue weighted by atomic mass is 9.92. The number of aromatic nitrogens is 3. The Morgan fingerprint density at radius 3 is 2.34 bits per heavy atom. The Hall–Kier alpha value is -3.74. The van der Waals surface area contributed by atoms with Crippen molar-refractivity contribution in [2.75, 3.05) is 0 Å². The molecule has 0 bridgehead atoms. The predicted octanol–water partition coefficient (Wildman–Crippen LogP) is 3.01. The van der Waals surface area contributed by atoms with Crippen LogP contribution < -0.4 is 5.32 Å². The highest BCUT2D eigenvalue weighted by molar-refractivity contribution is 5.94. The molecule has 7 nitrogen and oxygen atoms in total. The van der Waals surface area contributed by atoms with E-state index in [1.54, 1.807) is 6.92 Å². The first kappa shape index (κ1) is 18.6. The van der Waals surface area contributed by atoms with Crippen LogP contribution in [0.25, 0.3) is 5.57 Å². The second-order valence-electron chi connectivity index (χ2n) is 6.93. The van der Waals surface area contributed by atoms with Crippen LogP contribution in [0.1, 0.15) is 39.3 Å². The van der Waals surface area contributed by atoms with E-state index >= 15 is 0 Å². The summed E-state index contributed by atoms with van der Waals surface area (Å²) in [4.78, 5) is 29.6. The minimum atomic E-state index is -0.758. The monoisotopic (exact) mass is 388 g/mol. The first-order valence-electron chi connectivity index (χ1n) is 9.32. The Morgan fingerprint density at radius 1 is 1.07 bits per heavy atom. The van der Waals surface area contributed by atoms with Crippen molar-refractivity contribution in [2.24, 2.45) is 5.92 Å². The summed E-state index contributed by atoms with van der Waals surface area (Å²) in [5.74, 6) is -1.57. The summed E-state index contributed by atoms with van der Waals surface area (Å²) in [6.45, 7) is 2.00. The average Bonchev–Trinajstić information content (AvgIpc) is 3.21. The lowest BCUT2D eigenvalue weighted by molar-refractivity contribution is 0.0799. The van der Waals surface area contributed by atoms with Crippen LogP contribution in [0.3, 0.4) is 0 Å². The molecule has 146 valence electrons. The number of aliphatic hydroxyl groups excluding tert-OH is 1. The standard InChI is InChI=1S/C22H20N4O3/c1-14-18(27)17(12-15-8-4-2-5-9-15)22(29)26-20(14)24-19(25-26)21(28)23-13-16-10-6-3-7-11-16/h2-11,17,27H,12-13H2,1H3,(H,23,28). The molecule has 0 saturated carbocycles. The predicted molar refractivity (Wildman–Crippen MR) is 107 cm³/mol. The van der Waals surface area contributed by atoms with Gasteiger partial charge in [-0.2, -0.15) is 4.68 Å². The quantitative estimate of drug-likeness (QED) is 0.700. The van der Waals surface area contributed by atoms with Crippen LogP contribution in [0.5, 0.6) is 0 Å². The molecule has 2 N–H and O–H groups in total. The molecule has 0 aliphatic carbocycles. The van der Waals surface area contributed by atoms with Gasteiger partial charge < -0.3 is 10.4 Å². The highest BCUT2D eigenvalue weighted by Gasteiger charge is 2.36. The number of benzene rings is 2. The third kappa shape index (κ3) is 3.67. The van der Waals surface area contributed by atoms with E-state index in [4.69, 9.17) is 0 Å². The minimum absolute atomic E-state index is 0.0324. The van der Waals surface area contributed by atoms with Gasteiger partial charge in [-0.3, -0.25) is 9.59 Å². The second-order valence-corrected chi connectivity index (χ2v) is 6.93. The molecule has 0 fully saturated rings. The molecule has 0 saturated heterocycles. The van der Waals surface area contributed by atoms with Crippen LogP contribution in [0, 0.1) is 5.92 Å².